The lowest BCUT2D eigenvalue weighted by atomic mass is 10.1. The number of rotatable bonds is 1. The van der Waals surface area contributed by atoms with Crippen LogP contribution in [0.4, 0.5) is 0 Å². The molecule has 0 bridgehead atoms. The lowest BCUT2D eigenvalue weighted by Gasteiger charge is -1.93. The summed E-state index contributed by atoms with van der Waals surface area (Å²) in [6, 6.07) is 0. The number of hydrogen-bond acceptors (Lipinski definition) is 0. The number of allylic oxidation sites excluding steroid dienone is 2. The van der Waals surface area contributed by atoms with Crippen LogP contribution in [0.3, 0.4) is 0 Å². The summed E-state index contributed by atoms with van der Waals surface area (Å²) in [6.07, 6.45) is 2.25. The van der Waals surface area contributed by atoms with Crippen LogP contribution in [0.1, 0.15) is 35.1 Å². The van der Waals surface area contributed by atoms with Crippen molar-refractivity contribution in [2.75, 3.05) is 0 Å². The van der Waals surface area contributed by atoms with Crippen molar-refractivity contribution in [3.05, 3.63) is 11.6 Å². The smallest absolute Gasteiger partial charge is 0.0288 e. The molecule has 0 atom stereocenters. The highest BCUT2D eigenvalue weighted by molar-refractivity contribution is 4.94. The third-order valence-electron chi connectivity index (χ3n) is 0.667. The molecule has 0 aromatic heterocycles. The van der Waals surface area contributed by atoms with Crippen molar-refractivity contribution in [2.45, 2.75) is 35.1 Å². The normalized spacial score (nSPS) is 8.12. The fourth-order valence-electron chi connectivity index (χ4n) is 0.667. The van der Waals surface area contributed by atoms with Crippen molar-refractivity contribution in [1.82, 2.24) is 0 Å². The summed E-state index contributed by atoms with van der Waals surface area (Å²) in [5.74, 6) is 0.713. The van der Waals surface area contributed by atoms with Crippen LogP contribution in [0.2, 0.25) is 0 Å². The minimum atomic E-state index is 0. The molecule has 0 aliphatic rings. The van der Waals surface area contributed by atoms with Gasteiger partial charge in [0, 0.05) is 0 Å². The van der Waals surface area contributed by atoms with E-state index in [9.17, 15) is 0 Å². The minimum absolute atomic E-state index is 0. The van der Waals surface area contributed by atoms with Crippen molar-refractivity contribution in [3.8, 4) is 0 Å². The Morgan fingerprint density at radius 3 is 1.62 bits per heavy atom. The topological polar surface area (TPSA) is 0 Å². The average molecular weight is 114 g/mol. The Balaban J connectivity index is 0. The summed E-state index contributed by atoms with van der Waals surface area (Å²) in [5, 5.41) is 0. The van der Waals surface area contributed by atoms with E-state index in [-0.39, 0.29) is 7.43 Å². The second-order valence-corrected chi connectivity index (χ2v) is 2.49. The highest BCUT2D eigenvalue weighted by Crippen LogP contribution is 1.98. The Bertz CT molecular complexity index is 64.1. The molecule has 0 aromatic rings. The predicted molar refractivity (Wildman–Crippen MR) is 41.0 cm³/mol. The summed E-state index contributed by atoms with van der Waals surface area (Å²) in [6.45, 7) is 8.62. The molecule has 0 amide bonds. The molecule has 0 radical (unpaired) electrons. The van der Waals surface area contributed by atoms with E-state index in [1.807, 2.05) is 0 Å². The summed E-state index contributed by atoms with van der Waals surface area (Å²) in [5.41, 5.74) is 1.41. The number of hydrogen-bond donors (Lipinski definition) is 0. The zero-order valence-corrected chi connectivity index (χ0v) is 5.65. The molecule has 0 aromatic carbocycles. The van der Waals surface area contributed by atoms with Gasteiger partial charge >= 0.3 is 0 Å². The maximum Gasteiger partial charge on any atom is -0.0288 e. The Kier molecular flexibility index (Phi) is 6.52. The van der Waals surface area contributed by atoms with Crippen LogP contribution >= 0.6 is 0 Å². The fourth-order valence-corrected chi connectivity index (χ4v) is 0.667. The molecular formula is C8H18. The van der Waals surface area contributed by atoms with Crippen molar-refractivity contribution in [2.24, 2.45) is 5.92 Å². The summed E-state index contributed by atoms with van der Waals surface area (Å²) in [4.78, 5) is 0. The van der Waals surface area contributed by atoms with Crippen LogP contribution in [0, 0.1) is 5.92 Å². The first kappa shape index (κ1) is 10.7. The van der Waals surface area contributed by atoms with Crippen LogP contribution in [0.15, 0.2) is 11.6 Å². The molecule has 0 heterocycles. The Hall–Kier alpha value is -0.260. The van der Waals surface area contributed by atoms with Crippen LogP contribution in [-0.4, -0.2) is 0 Å². The van der Waals surface area contributed by atoms with E-state index in [0.717, 1.165) is 0 Å². The van der Waals surface area contributed by atoms with Gasteiger partial charge < -0.3 is 0 Å². The van der Waals surface area contributed by atoms with Crippen LogP contribution < -0.4 is 0 Å². The van der Waals surface area contributed by atoms with Crippen molar-refractivity contribution < 1.29 is 0 Å². The van der Waals surface area contributed by atoms with E-state index in [1.165, 1.54) is 5.57 Å². The van der Waals surface area contributed by atoms with E-state index >= 15 is 0 Å². The highest BCUT2D eigenvalue weighted by atomic mass is 13.9. The molecule has 0 heteroatoms. The molecule has 0 unspecified atom stereocenters. The molecule has 0 aliphatic carbocycles. The van der Waals surface area contributed by atoms with Gasteiger partial charge in [0.15, 0.2) is 0 Å². The average Bonchev–Trinajstić information content (AvgIpc) is 1.27. The maximum atomic E-state index is 2.25. The fraction of sp³-hybridized carbons (Fsp3) is 0.750. The first-order valence-electron chi connectivity index (χ1n) is 2.78. The van der Waals surface area contributed by atoms with E-state index < -0.39 is 0 Å². The standard InChI is InChI=1S/C7H14.CH4/c1-6(2)5-7(3)4;/h5-6H,1-4H3;1H4. The van der Waals surface area contributed by atoms with E-state index in [0.29, 0.717) is 5.92 Å². The van der Waals surface area contributed by atoms with Gasteiger partial charge in [-0.05, 0) is 19.8 Å². The van der Waals surface area contributed by atoms with Gasteiger partial charge in [-0.25, -0.2) is 0 Å². The van der Waals surface area contributed by atoms with Crippen LogP contribution in [0.25, 0.3) is 0 Å². The summed E-state index contributed by atoms with van der Waals surface area (Å²) >= 11 is 0. The summed E-state index contributed by atoms with van der Waals surface area (Å²) < 4.78 is 0. The molecule has 0 N–H and O–H groups in total. The molecule has 0 saturated heterocycles. The van der Waals surface area contributed by atoms with Gasteiger partial charge in [0.1, 0.15) is 0 Å². The lowest BCUT2D eigenvalue weighted by molar-refractivity contribution is 0.822. The van der Waals surface area contributed by atoms with E-state index in [2.05, 4.69) is 33.8 Å². The maximum absolute atomic E-state index is 2.25. The molecular weight excluding hydrogens is 96.1 g/mol. The van der Waals surface area contributed by atoms with E-state index in [4.69, 9.17) is 0 Å². The Morgan fingerprint density at radius 2 is 1.62 bits per heavy atom. The zero-order chi connectivity index (χ0) is 5.86. The van der Waals surface area contributed by atoms with Crippen LogP contribution in [0.5, 0.6) is 0 Å². The van der Waals surface area contributed by atoms with Crippen molar-refractivity contribution in [3.63, 3.8) is 0 Å². The Morgan fingerprint density at radius 1 is 1.25 bits per heavy atom. The lowest BCUT2D eigenvalue weighted by Crippen LogP contribution is -1.77. The first-order valence-corrected chi connectivity index (χ1v) is 2.78. The minimum Gasteiger partial charge on any atom is -0.0833 e. The second-order valence-electron chi connectivity index (χ2n) is 2.49. The van der Waals surface area contributed by atoms with Gasteiger partial charge in [-0.2, -0.15) is 0 Å². The van der Waals surface area contributed by atoms with Crippen molar-refractivity contribution >= 4 is 0 Å². The van der Waals surface area contributed by atoms with Crippen molar-refractivity contribution in [1.29, 1.82) is 0 Å². The molecule has 0 nitrogen and oxygen atoms in total. The van der Waals surface area contributed by atoms with Gasteiger partial charge in [0.2, 0.25) is 0 Å². The quantitative estimate of drug-likeness (QED) is 0.459. The second kappa shape index (κ2) is 4.89. The molecule has 0 saturated carbocycles. The summed E-state index contributed by atoms with van der Waals surface area (Å²) in [7, 11) is 0. The van der Waals surface area contributed by atoms with Gasteiger partial charge in [-0.1, -0.05) is 32.9 Å². The molecule has 0 fully saturated rings. The van der Waals surface area contributed by atoms with Gasteiger partial charge in [-0.15, -0.1) is 0 Å². The highest BCUT2D eigenvalue weighted by Gasteiger charge is 1.82. The zero-order valence-electron chi connectivity index (χ0n) is 5.65. The third kappa shape index (κ3) is 9.22. The predicted octanol–water partition coefficient (Wildman–Crippen LogP) is 3.24. The molecule has 50 valence electrons. The first-order chi connectivity index (χ1) is 3.13. The largest absolute Gasteiger partial charge is 0.0833 e. The Labute approximate surface area is 53.6 Å². The molecule has 0 rings (SSSR count). The third-order valence-corrected chi connectivity index (χ3v) is 0.667. The van der Waals surface area contributed by atoms with Gasteiger partial charge in [0.05, 0.1) is 0 Å². The monoisotopic (exact) mass is 114 g/mol. The molecule has 0 aliphatic heterocycles. The van der Waals surface area contributed by atoms with Crippen LogP contribution in [-0.2, 0) is 0 Å². The molecule has 0 spiro atoms. The van der Waals surface area contributed by atoms with Gasteiger partial charge in [-0.3, -0.25) is 0 Å². The van der Waals surface area contributed by atoms with E-state index in [1.54, 1.807) is 0 Å². The molecule has 8 heavy (non-hydrogen) atoms. The van der Waals surface area contributed by atoms with Gasteiger partial charge in [0.25, 0.3) is 0 Å². The SMILES string of the molecule is C.CC(C)=CC(C)C.